The van der Waals surface area contributed by atoms with Crippen molar-refractivity contribution in [1.29, 1.82) is 0 Å². The van der Waals surface area contributed by atoms with Crippen LogP contribution in [0.5, 0.6) is 0 Å². The summed E-state index contributed by atoms with van der Waals surface area (Å²) < 4.78 is 5.03. The van der Waals surface area contributed by atoms with Crippen LogP contribution in [0.25, 0.3) is 0 Å². The van der Waals surface area contributed by atoms with Gasteiger partial charge >= 0.3 is 5.97 Å². The number of anilines is 2. The summed E-state index contributed by atoms with van der Waals surface area (Å²) in [5.41, 5.74) is 2.52. The number of pyridine rings is 2. The maximum atomic E-state index is 12.6. The zero-order valence-corrected chi connectivity index (χ0v) is 15.4. The van der Waals surface area contributed by atoms with Crippen molar-refractivity contribution in [2.24, 2.45) is 0 Å². The fourth-order valence-electron chi connectivity index (χ4n) is 2.53. The highest BCUT2D eigenvalue weighted by atomic mass is 16.5. The van der Waals surface area contributed by atoms with E-state index >= 15 is 0 Å². The minimum atomic E-state index is -0.489. The molecular formula is C21H20N4O3. The summed E-state index contributed by atoms with van der Waals surface area (Å²) in [7, 11) is 0. The van der Waals surface area contributed by atoms with Gasteiger partial charge in [0.25, 0.3) is 5.91 Å². The molecule has 0 bridgehead atoms. The first kappa shape index (κ1) is 19.0. The summed E-state index contributed by atoms with van der Waals surface area (Å²) in [6.45, 7) is 2.51. The summed E-state index contributed by atoms with van der Waals surface area (Å²) in [4.78, 5) is 33.0. The van der Waals surface area contributed by atoms with Crippen LogP contribution in [0.15, 0.2) is 67.0 Å². The van der Waals surface area contributed by atoms with Gasteiger partial charge in [-0.2, -0.15) is 0 Å². The van der Waals surface area contributed by atoms with Crippen LogP contribution in [0.4, 0.5) is 11.4 Å². The molecule has 0 aliphatic heterocycles. The van der Waals surface area contributed by atoms with Crippen molar-refractivity contribution in [3.8, 4) is 0 Å². The summed E-state index contributed by atoms with van der Waals surface area (Å²) in [6, 6.07) is 15.8. The number of rotatable bonds is 7. The number of carbonyl (C=O) groups is 2. The van der Waals surface area contributed by atoms with Gasteiger partial charge in [-0.3, -0.25) is 14.8 Å². The summed E-state index contributed by atoms with van der Waals surface area (Å²) in [5.74, 6) is -0.907. The molecular weight excluding hydrogens is 356 g/mol. The number of hydrogen-bond acceptors (Lipinski definition) is 6. The van der Waals surface area contributed by atoms with Crippen LogP contribution in [0.1, 0.15) is 33.5 Å². The van der Waals surface area contributed by atoms with Gasteiger partial charge in [-0.25, -0.2) is 4.79 Å². The van der Waals surface area contributed by atoms with Crippen LogP contribution < -0.4 is 10.6 Å². The van der Waals surface area contributed by atoms with Crippen molar-refractivity contribution in [2.75, 3.05) is 17.2 Å². The first-order valence-electron chi connectivity index (χ1n) is 8.84. The Balaban J connectivity index is 1.71. The number of esters is 1. The molecule has 0 aliphatic rings. The molecule has 0 atom stereocenters. The van der Waals surface area contributed by atoms with Gasteiger partial charge in [0, 0.05) is 18.1 Å². The van der Waals surface area contributed by atoms with E-state index in [0.29, 0.717) is 17.8 Å². The maximum Gasteiger partial charge on any atom is 0.340 e. The Kier molecular flexibility index (Phi) is 6.30. The smallest absolute Gasteiger partial charge is 0.340 e. The lowest BCUT2D eigenvalue weighted by atomic mass is 10.1. The van der Waals surface area contributed by atoms with Crippen LogP contribution in [-0.4, -0.2) is 28.5 Å². The highest BCUT2D eigenvalue weighted by molar-refractivity contribution is 6.07. The second-order valence-electron chi connectivity index (χ2n) is 5.82. The zero-order chi connectivity index (χ0) is 19.8. The molecule has 0 aliphatic carbocycles. The molecule has 3 aromatic rings. The van der Waals surface area contributed by atoms with Crippen LogP contribution in [0, 0.1) is 0 Å². The number of ether oxygens (including phenoxy) is 1. The van der Waals surface area contributed by atoms with Crippen molar-refractivity contribution in [1.82, 2.24) is 9.97 Å². The van der Waals surface area contributed by atoms with E-state index in [2.05, 4.69) is 20.6 Å². The lowest BCUT2D eigenvalue weighted by molar-refractivity contribution is 0.0527. The van der Waals surface area contributed by atoms with Crippen molar-refractivity contribution in [2.45, 2.75) is 13.5 Å². The van der Waals surface area contributed by atoms with E-state index in [1.165, 1.54) is 0 Å². The van der Waals surface area contributed by atoms with Crippen molar-refractivity contribution < 1.29 is 14.3 Å². The molecule has 1 aromatic carbocycles. The highest BCUT2D eigenvalue weighted by Gasteiger charge is 2.15. The minimum absolute atomic E-state index is 0.227. The second-order valence-corrected chi connectivity index (χ2v) is 5.82. The Morgan fingerprint density at radius 3 is 2.61 bits per heavy atom. The molecule has 0 spiro atoms. The molecule has 7 nitrogen and oxygen atoms in total. The summed E-state index contributed by atoms with van der Waals surface area (Å²) in [6.07, 6.45) is 3.27. The van der Waals surface area contributed by atoms with E-state index in [4.69, 9.17) is 4.74 Å². The molecule has 3 rings (SSSR count). The van der Waals surface area contributed by atoms with E-state index < -0.39 is 11.9 Å². The van der Waals surface area contributed by atoms with E-state index in [-0.39, 0.29) is 12.3 Å². The Bertz CT molecular complexity index is 961. The fourth-order valence-corrected chi connectivity index (χ4v) is 2.53. The molecule has 2 heterocycles. The number of hydrogen-bond donors (Lipinski definition) is 2. The van der Waals surface area contributed by atoms with Crippen LogP contribution in [-0.2, 0) is 11.3 Å². The third-order valence-electron chi connectivity index (χ3n) is 3.86. The molecule has 0 fully saturated rings. The summed E-state index contributed by atoms with van der Waals surface area (Å²) >= 11 is 0. The van der Waals surface area contributed by atoms with Crippen molar-refractivity contribution in [3.05, 3.63) is 83.9 Å². The number of carbonyl (C=O) groups excluding carboxylic acids is 2. The van der Waals surface area contributed by atoms with Gasteiger partial charge in [0.15, 0.2) is 0 Å². The topological polar surface area (TPSA) is 93.2 Å². The average Bonchev–Trinajstić information content (AvgIpc) is 2.74. The molecule has 0 unspecified atom stereocenters. The molecule has 28 heavy (non-hydrogen) atoms. The predicted octanol–water partition coefficient (Wildman–Crippen LogP) is 3.52. The number of nitrogens with one attached hydrogen (secondary N) is 2. The third-order valence-corrected chi connectivity index (χ3v) is 3.86. The Labute approximate surface area is 162 Å². The Hall–Kier alpha value is -3.74. The highest BCUT2D eigenvalue weighted by Crippen LogP contribution is 2.18. The van der Waals surface area contributed by atoms with Gasteiger partial charge in [0.2, 0.25) is 0 Å². The molecule has 0 radical (unpaired) electrons. The molecule has 2 N–H and O–H groups in total. The van der Waals surface area contributed by atoms with Gasteiger partial charge in [-0.15, -0.1) is 0 Å². The second kappa shape index (κ2) is 9.27. The predicted molar refractivity (Wildman–Crippen MR) is 106 cm³/mol. The molecule has 1 amide bonds. The molecule has 7 heteroatoms. The van der Waals surface area contributed by atoms with Crippen LogP contribution >= 0.6 is 0 Å². The van der Waals surface area contributed by atoms with Crippen molar-refractivity contribution in [3.63, 3.8) is 0 Å². The SMILES string of the molecule is CCOC(=O)c1ccccc1NC(=O)c1cc(NCc2ccccn2)ccn1. The molecule has 142 valence electrons. The molecule has 2 aromatic heterocycles. The first-order chi connectivity index (χ1) is 13.7. The lowest BCUT2D eigenvalue weighted by Crippen LogP contribution is -2.17. The van der Waals surface area contributed by atoms with E-state index in [9.17, 15) is 9.59 Å². The van der Waals surface area contributed by atoms with Gasteiger partial charge in [-0.05, 0) is 43.3 Å². The third kappa shape index (κ3) is 4.91. The first-order valence-corrected chi connectivity index (χ1v) is 8.84. The number of nitrogens with zero attached hydrogens (tertiary/aromatic N) is 2. The zero-order valence-electron chi connectivity index (χ0n) is 15.4. The normalized spacial score (nSPS) is 10.2. The van der Waals surface area contributed by atoms with Crippen molar-refractivity contribution >= 4 is 23.3 Å². The van der Waals surface area contributed by atoms with E-state index in [0.717, 1.165) is 11.4 Å². The van der Waals surface area contributed by atoms with Crippen LogP contribution in [0.2, 0.25) is 0 Å². The summed E-state index contributed by atoms with van der Waals surface area (Å²) in [5, 5.41) is 5.93. The largest absolute Gasteiger partial charge is 0.462 e. The van der Waals surface area contributed by atoms with E-state index in [1.807, 2.05) is 18.2 Å². The molecule has 0 saturated carbocycles. The Morgan fingerprint density at radius 1 is 1.00 bits per heavy atom. The van der Waals surface area contributed by atoms with Gasteiger partial charge < -0.3 is 15.4 Å². The fraction of sp³-hybridized carbons (Fsp3) is 0.143. The Morgan fingerprint density at radius 2 is 1.82 bits per heavy atom. The van der Waals surface area contributed by atoms with Gasteiger partial charge in [-0.1, -0.05) is 18.2 Å². The molecule has 0 saturated heterocycles. The number of aromatic nitrogens is 2. The quantitative estimate of drug-likeness (QED) is 0.613. The van der Waals surface area contributed by atoms with Crippen LogP contribution in [0.3, 0.4) is 0 Å². The van der Waals surface area contributed by atoms with E-state index in [1.54, 1.807) is 55.7 Å². The standard InChI is InChI=1S/C21H20N4O3/c1-2-28-21(27)17-8-3-4-9-18(17)25-20(26)19-13-15(10-12-23-19)24-14-16-7-5-6-11-22-16/h3-13H,2,14H2,1H3,(H,23,24)(H,25,26). The number of para-hydroxylation sites is 1. The number of amides is 1. The number of benzene rings is 1. The van der Waals surface area contributed by atoms with Gasteiger partial charge in [0.05, 0.1) is 30.1 Å². The lowest BCUT2D eigenvalue weighted by Gasteiger charge is -2.11. The monoisotopic (exact) mass is 376 g/mol. The minimum Gasteiger partial charge on any atom is -0.462 e. The maximum absolute atomic E-state index is 12.6. The van der Waals surface area contributed by atoms with Gasteiger partial charge in [0.1, 0.15) is 5.69 Å². The average molecular weight is 376 g/mol.